The number of carbonyl (C=O) groups is 2. The van der Waals surface area contributed by atoms with Gasteiger partial charge in [0, 0.05) is 5.92 Å². The maximum Gasteiger partial charge on any atom is 0.335 e. The molecule has 2 fully saturated rings. The van der Waals surface area contributed by atoms with Crippen LogP contribution in [0.25, 0.3) is 11.1 Å². The lowest BCUT2D eigenvalue weighted by Gasteiger charge is -2.41. The van der Waals surface area contributed by atoms with Gasteiger partial charge >= 0.3 is 11.9 Å². The second-order valence-electron chi connectivity index (χ2n) is 14.9. The Bertz CT molecular complexity index is 1310. The minimum absolute atomic E-state index is 0.00215. The van der Waals surface area contributed by atoms with Crippen molar-refractivity contribution in [1.29, 1.82) is 0 Å². The molecule has 0 spiro atoms. The second kappa shape index (κ2) is 19.8. The van der Waals surface area contributed by atoms with Gasteiger partial charge in [0.1, 0.15) is 0 Å². The summed E-state index contributed by atoms with van der Waals surface area (Å²) < 4.78 is 10.7. The standard InChI is InChI=1S/C43H60O6/c1-5-6-7-8-33-9-13-36(14-10-33)37-16-18-38(19-17-37)39-20-22-40(23-21-39)41-24-15-35(30(2)25-41)12-11-34(28-48-42(46)31(3)26-44)29-49-43(47)32(4)27-45/h9-10,13-14,16-19,30,34-35,39-41,44-45H,3-8,11-12,15,20-29H2,1-2H3. The molecule has 0 radical (unpaired) electrons. The van der Waals surface area contributed by atoms with E-state index in [1.807, 2.05) is 0 Å². The Morgan fingerprint density at radius 1 is 0.776 bits per heavy atom. The average molecular weight is 673 g/mol. The van der Waals surface area contributed by atoms with Gasteiger partial charge in [-0.15, -0.1) is 0 Å². The van der Waals surface area contributed by atoms with Gasteiger partial charge in [-0.25, -0.2) is 9.59 Å². The van der Waals surface area contributed by atoms with Crippen LogP contribution in [0.1, 0.15) is 108 Å². The van der Waals surface area contributed by atoms with Crippen molar-refractivity contribution in [2.24, 2.45) is 29.6 Å². The number of carbonyl (C=O) groups excluding carboxylic acids is 2. The molecular weight excluding hydrogens is 612 g/mol. The summed E-state index contributed by atoms with van der Waals surface area (Å²) in [6.07, 6.45) is 15.6. The molecule has 0 aliphatic heterocycles. The summed E-state index contributed by atoms with van der Waals surface area (Å²) in [5, 5.41) is 18.4. The molecule has 3 atom stereocenters. The van der Waals surface area contributed by atoms with Crippen LogP contribution in [0.5, 0.6) is 0 Å². The first kappa shape index (κ1) is 38.6. The number of rotatable bonds is 18. The van der Waals surface area contributed by atoms with E-state index in [2.05, 4.69) is 75.5 Å². The zero-order valence-electron chi connectivity index (χ0n) is 30.0. The lowest BCUT2D eigenvalue weighted by molar-refractivity contribution is -0.144. The molecule has 0 amide bonds. The Labute approximate surface area is 295 Å². The van der Waals surface area contributed by atoms with E-state index in [1.165, 1.54) is 92.9 Å². The van der Waals surface area contributed by atoms with Crippen molar-refractivity contribution >= 4 is 11.9 Å². The number of hydrogen-bond donors (Lipinski definition) is 2. The van der Waals surface area contributed by atoms with Crippen LogP contribution in [0.3, 0.4) is 0 Å². The minimum atomic E-state index is -0.641. The molecule has 0 saturated heterocycles. The molecule has 2 aliphatic carbocycles. The van der Waals surface area contributed by atoms with E-state index in [0.717, 1.165) is 24.7 Å². The van der Waals surface area contributed by atoms with Crippen LogP contribution >= 0.6 is 0 Å². The van der Waals surface area contributed by atoms with Crippen LogP contribution < -0.4 is 0 Å². The predicted octanol–water partition coefficient (Wildman–Crippen LogP) is 8.99. The fourth-order valence-corrected chi connectivity index (χ4v) is 8.06. The smallest absolute Gasteiger partial charge is 0.335 e. The molecule has 0 bridgehead atoms. The molecule has 2 aliphatic rings. The number of aliphatic hydroxyl groups is 2. The quantitative estimate of drug-likeness (QED) is 0.0933. The highest BCUT2D eigenvalue weighted by Gasteiger charge is 2.34. The number of ether oxygens (including phenoxy) is 2. The Morgan fingerprint density at radius 3 is 1.86 bits per heavy atom. The molecule has 0 heterocycles. The summed E-state index contributed by atoms with van der Waals surface area (Å²) >= 11 is 0. The van der Waals surface area contributed by atoms with Gasteiger partial charge in [0.15, 0.2) is 0 Å². The first-order valence-corrected chi connectivity index (χ1v) is 18.8. The maximum absolute atomic E-state index is 12.1. The number of aliphatic hydroxyl groups excluding tert-OH is 2. The summed E-state index contributed by atoms with van der Waals surface area (Å²) in [6.45, 7) is 10.9. The molecule has 2 N–H and O–H groups in total. The van der Waals surface area contributed by atoms with E-state index < -0.39 is 25.2 Å². The van der Waals surface area contributed by atoms with Gasteiger partial charge in [-0.05, 0) is 122 Å². The van der Waals surface area contributed by atoms with Crippen LogP contribution in [-0.2, 0) is 25.5 Å². The third-order valence-electron chi connectivity index (χ3n) is 11.4. The summed E-state index contributed by atoms with van der Waals surface area (Å²) in [6, 6.07) is 18.5. The summed E-state index contributed by atoms with van der Waals surface area (Å²) in [4.78, 5) is 24.2. The van der Waals surface area contributed by atoms with Crippen molar-refractivity contribution in [1.82, 2.24) is 0 Å². The lowest BCUT2D eigenvalue weighted by atomic mass is 9.65. The Balaban J connectivity index is 1.22. The monoisotopic (exact) mass is 672 g/mol. The van der Waals surface area contributed by atoms with Crippen LogP contribution in [0.2, 0.25) is 0 Å². The van der Waals surface area contributed by atoms with E-state index >= 15 is 0 Å². The van der Waals surface area contributed by atoms with E-state index in [1.54, 1.807) is 0 Å². The SMILES string of the molecule is C=C(CO)C(=O)OCC(CCC1CCC(C2CCC(c3ccc(-c4ccc(CCCCC)cc4)cc3)CC2)CC1C)COC(=O)C(=C)CO. The van der Waals surface area contributed by atoms with Crippen LogP contribution in [0, 0.1) is 29.6 Å². The molecule has 0 aromatic heterocycles. The lowest BCUT2D eigenvalue weighted by Crippen LogP contribution is -2.30. The van der Waals surface area contributed by atoms with Crippen molar-refractivity contribution in [3.05, 3.63) is 84.0 Å². The zero-order chi connectivity index (χ0) is 35.2. The minimum Gasteiger partial charge on any atom is -0.462 e. The van der Waals surface area contributed by atoms with Crippen molar-refractivity contribution < 1.29 is 29.3 Å². The van der Waals surface area contributed by atoms with E-state index in [4.69, 9.17) is 9.47 Å². The largest absolute Gasteiger partial charge is 0.462 e. The number of aryl methyl sites for hydroxylation is 1. The number of esters is 2. The molecule has 2 aromatic rings. The molecule has 2 saturated carbocycles. The van der Waals surface area contributed by atoms with E-state index in [-0.39, 0.29) is 30.3 Å². The molecule has 3 unspecified atom stereocenters. The van der Waals surface area contributed by atoms with Crippen LogP contribution in [0.4, 0.5) is 0 Å². The Hall–Kier alpha value is -3.22. The normalized spacial score (nSPS) is 22.4. The fraction of sp³-hybridized carbons (Fsp3) is 0.581. The Morgan fingerprint density at radius 2 is 1.33 bits per heavy atom. The highest BCUT2D eigenvalue weighted by molar-refractivity contribution is 5.88. The number of benzene rings is 2. The van der Waals surface area contributed by atoms with Crippen LogP contribution in [-0.4, -0.2) is 48.6 Å². The second-order valence-corrected chi connectivity index (χ2v) is 14.9. The molecule has 6 nitrogen and oxygen atoms in total. The third kappa shape index (κ3) is 11.7. The fourth-order valence-electron chi connectivity index (χ4n) is 8.06. The van der Waals surface area contributed by atoms with E-state index in [0.29, 0.717) is 17.8 Å². The van der Waals surface area contributed by atoms with Crippen molar-refractivity contribution in [2.75, 3.05) is 26.4 Å². The van der Waals surface area contributed by atoms with Gasteiger partial charge in [0.2, 0.25) is 0 Å². The van der Waals surface area contributed by atoms with Crippen molar-refractivity contribution in [3.8, 4) is 11.1 Å². The average Bonchev–Trinajstić information content (AvgIpc) is 3.14. The summed E-state index contributed by atoms with van der Waals surface area (Å²) in [5.74, 6) is 1.98. The van der Waals surface area contributed by atoms with Crippen molar-refractivity contribution in [3.63, 3.8) is 0 Å². The van der Waals surface area contributed by atoms with Gasteiger partial charge in [-0.2, -0.15) is 0 Å². The first-order valence-electron chi connectivity index (χ1n) is 18.8. The van der Waals surface area contributed by atoms with Crippen LogP contribution in [0.15, 0.2) is 72.8 Å². The van der Waals surface area contributed by atoms with Gasteiger partial charge in [-0.3, -0.25) is 0 Å². The molecule has 49 heavy (non-hydrogen) atoms. The van der Waals surface area contributed by atoms with E-state index in [9.17, 15) is 19.8 Å². The number of hydrogen-bond acceptors (Lipinski definition) is 6. The third-order valence-corrected chi connectivity index (χ3v) is 11.4. The maximum atomic E-state index is 12.1. The topological polar surface area (TPSA) is 93.1 Å². The molecule has 268 valence electrons. The zero-order valence-corrected chi connectivity index (χ0v) is 30.0. The molecule has 6 heteroatoms. The van der Waals surface area contributed by atoms with Gasteiger partial charge in [0.25, 0.3) is 0 Å². The van der Waals surface area contributed by atoms with Gasteiger partial charge < -0.3 is 19.7 Å². The molecule has 4 rings (SSSR count). The Kier molecular flexibility index (Phi) is 15.6. The summed E-state index contributed by atoms with van der Waals surface area (Å²) in [5.41, 5.74) is 5.52. The molecular formula is C43H60O6. The van der Waals surface area contributed by atoms with Crippen molar-refractivity contribution in [2.45, 2.75) is 103 Å². The highest BCUT2D eigenvalue weighted by atomic mass is 16.5. The predicted molar refractivity (Wildman–Crippen MR) is 197 cm³/mol. The first-order chi connectivity index (χ1) is 23.7. The highest BCUT2D eigenvalue weighted by Crippen LogP contribution is 2.46. The molecule has 2 aromatic carbocycles. The number of unbranched alkanes of at least 4 members (excludes halogenated alkanes) is 2. The summed E-state index contributed by atoms with van der Waals surface area (Å²) in [7, 11) is 0. The van der Waals surface area contributed by atoms with Gasteiger partial charge in [-0.1, -0.05) is 88.4 Å². The van der Waals surface area contributed by atoms with Gasteiger partial charge in [0.05, 0.1) is 37.6 Å².